The first kappa shape index (κ1) is 11.3. The summed E-state index contributed by atoms with van der Waals surface area (Å²) in [6.07, 6.45) is 7.88. The zero-order chi connectivity index (χ0) is 11.7. The van der Waals surface area contributed by atoms with E-state index < -0.39 is 0 Å². The van der Waals surface area contributed by atoms with E-state index in [2.05, 4.69) is 33.2 Å². The second-order valence-electron chi connectivity index (χ2n) is 4.90. The SMILES string of the molecule is Brc1ccc2c(C3CCCCCC3)onc2c1. The molecule has 0 bridgehead atoms. The molecule has 0 atom stereocenters. The molecule has 17 heavy (non-hydrogen) atoms. The first-order valence-electron chi connectivity index (χ1n) is 6.39. The Bertz CT molecular complexity index is 512. The van der Waals surface area contributed by atoms with E-state index in [4.69, 9.17) is 4.52 Å². The van der Waals surface area contributed by atoms with Crippen LogP contribution in [0.1, 0.15) is 50.2 Å². The van der Waals surface area contributed by atoms with E-state index in [1.165, 1.54) is 43.9 Å². The maximum Gasteiger partial charge on any atom is 0.147 e. The molecule has 1 heterocycles. The Hall–Kier alpha value is -0.830. The maximum atomic E-state index is 5.59. The fourth-order valence-corrected chi connectivity index (χ4v) is 3.12. The van der Waals surface area contributed by atoms with E-state index in [0.29, 0.717) is 5.92 Å². The van der Waals surface area contributed by atoms with Crippen molar-refractivity contribution in [3.63, 3.8) is 0 Å². The molecule has 3 rings (SSSR count). The van der Waals surface area contributed by atoms with Gasteiger partial charge in [-0.15, -0.1) is 0 Å². The predicted octanol–water partition coefficient (Wildman–Crippen LogP) is 5.03. The van der Waals surface area contributed by atoms with Crippen molar-refractivity contribution >= 4 is 26.8 Å². The minimum Gasteiger partial charge on any atom is -0.360 e. The molecule has 0 unspecified atom stereocenters. The zero-order valence-corrected chi connectivity index (χ0v) is 11.4. The van der Waals surface area contributed by atoms with Gasteiger partial charge < -0.3 is 4.52 Å². The minimum atomic E-state index is 0.573. The van der Waals surface area contributed by atoms with Crippen LogP contribution in [0, 0.1) is 0 Å². The van der Waals surface area contributed by atoms with Crippen molar-refractivity contribution in [2.45, 2.75) is 44.4 Å². The molecule has 90 valence electrons. The molecule has 2 nitrogen and oxygen atoms in total. The van der Waals surface area contributed by atoms with E-state index in [-0.39, 0.29) is 0 Å². The summed E-state index contributed by atoms with van der Waals surface area (Å²) in [6.45, 7) is 0. The maximum absolute atomic E-state index is 5.59. The second-order valence-corrected chi connectivity index (χ2v) is 5.81. The number of hydrogen-bond donors (Lipinski definition) is 0. The number of benzene rings is 1. The van der Waals surface area contributed by atoms with E-state index >= 15 is 0 Å². The molecule has 0 saturated heterocycles. The summed E-state index contributed by atoms with van der Waals surface area (Å²) in [5.74, 6) is 1.68. The van der Waals surface area contributed by atoms with Gasteiger partial charge >= 0.3 is 0 Å². The van der Waals surface area contributed by atoms with Crippen LogP contribution in [-0.4, -0.2) is 5.16 Å². The van der Waals surface area contributed by atoms with Gasteiger partial charge in [-0.2, -0.15) is 0 Å². The number of rotatable bonds is 1. The highest BCUT2D eigenvalue weighted by molar-refractivity contribution is 9.10. The van der Waals surface area contributed by atoms with Crippen LogP contribution >= 0.6 is 15.9 Å². The molecule has 1 aromatic carbocycles. The van der Waals surface area contributed by atoms with Crippen molar-refractivity contribution in [1.29, 1.82) is 0 Å². The van der Waals surface area contributed by atoms with Crippen molar-refractivity contribution in [2.75, 3.05) is 0 Å². The first-order valence-corrected chi connectivity index (χ1v) is 7.19. The van der Waals surface area contributed by atoms with Gasteiger partial charge in [0.25, 0.3) is 0 Å². The third-order valence-electron chi connectivity index (χ3n) is 3.69. The Morgan fingerprint density at radius 1 is 1.12 bits per heavy atom. The lowest BCUT2D eigenvalue weighted by molar-refractivity contribution is 0.354. The Morgan fingerprint density at radius 2 is 1.88 bits per heavy atom. The smallest absolute Gasteiger partial charge is 0.147 e. The van der Waals surface area contributed by atoms with Crippen LogP contribution in [0.25, 0.3) is 10.9 Å². The fraction of sp³-hybridized carbons (Fsp3) is 0.500. The summed E-state index contributed by atoms with van der Waals surface area (Å²) in [5, 5.41) is 5.37. The Kier molecular flexibility index (Phi) is 3.19. The number of hydrogen-bond acceptors (Lipinski definition) is 2. The second kappa shape index (κ2) is 4.81. The monoisotopic (exact) mass is 293 g/mol. The molecule has 3 heteroatoms. The quantitative estimate of drug-likeness (QED) is 0.689. The molecule has 1 aliphatic rings. The lowest BCUT2D eigenvalue weighted by atomic mass is 9.95. The fourth-order valence-electron chi connectivity index (χ4n) is 2.77. The largest absolute Gasteiger partial charge is 0.360 e. The summed E-state index contributed by atoms with van der Waals surface area (Å²) in [7, 11) is 0. The van der Waals surface area contributed by atoms with Gasteiger partial charge in [0, 0.05) is 15.8 Å². The molecule has 0 radical (unpaired) electrons. The lowest BCUT2D eigenvalue weighted by Gasteiger charge is -2.09. The van der Waals surface area contributed by atoms with E-state index in [9.17, 15) is 0 Å². The summed E-state index contributed by atoms with van der Waals surface area (Å²) in [6, 6.07) is 6.22. The van der Waals surface area contributed by atoms with Gasteiger partial charge in [0.15, 0.2) is 0 Å². The van der Waals surface area contributed by atoms with Gasteiger partial charge in [0.2, 0.25) is 0 Å². The average molecular weight is 294 g/mol. The lowest BCUT2D eigenvalue weighted by Crippen LogP contribution is -1.95. The molecule has 1 aromatic heterocycles. The van der Waals surface area contributed by atoms with Gasteiger partial charge in [-0.3, -0.25) is 0 Å². The predicted molar refractivity (Wildman–Crippen MR) is 72.2 cm³/mol. The Morgan fingerprint density at radius 3 is 2.65 bits per heavy atom. The van der Waals surface area contributed by atoms with Crippen LogP contribution in [0.4, 0.5) is 0 Å². The molecular weight excluding hydrogens is 278 g/mol. The highest BCUT2D eigenvalue weighted by Crippen LogP contribution is 2.36. The van der Waals surface area contributed by atoms with Crippen LogP contribution in [0.3, 0.4) is 0 Å². The molecule has 0 amide bonds. The number of fused-ring (bicyclic) bond motifs is 1. The summed E-state index contributed by atoms with van der Waals surface area (Å²) >= 11 is 3.47. The number of nitrogens with zero attached hydrogens (tertiary/aromatic N) is 1. The Labute approximate surface area is 109 Å². The highest BCUT2D eigenvalue weighted by Gasteiger charge is 2.21. The van der Waals surface area contributed by atoms with Crippen LogP contribution in [0.5, 0.6) is 0 Å². The number of halogens is 1. The van der Waals surface area contributed by atoms with Crippen LogP contribution in [0.15, 0.2) is 27.2 Å². The van der Waals surface area contributed by atoms with Crippen LogP contribution in [-0.2, 0) is 0 Å². The first-order chi connectivity index (χ1) is 8.34. The Balaban J connectivity index is 1.98. The van der Waals surface area contributed by atoms with Gasteiger partial charge in [-0.25, -0.2) is 0 Å². The summed E-state index contributed by atoms with van der Waals surface area (Å²) < 4.78 is 6.66. The van der Waals surface area contributed by atoms with Crippen LogP contribution in [0.2, 0.25) is 0 Å². The van der Waals surface area contributed by atoms with Crippen molar-refractivity contribution in [3.8, 4) is 0 Å². The third-order valence-corrected chi connectivity index (χ3v) is 4.19. The average Bonchev–Trinajstić information content (AvgIpc) is 2.57. The topological polar surface area (TPSA) is 26.0 Å². The molecule has 2 aromatic rings. The van der Waals surface area contributed by atoms with Crippen molar-refractivity contribution < 1.29 is 4.52 Å². The van der Waals surface area contributed by atoms with E-state index in [1.807, 2.05) is 6.07 Å². The summed E-state index contributed by atoms with van der Waals surface area (Å²) in [4.78, 5) is 0. The van der Waals surface area contributed by atoms with E-state index in [0.717, 1.165) is 15.7 Å². The number of aromatic nitrogens is 1. The van der Waals surface area contributed by atoms with E-state index in [1.54, 1.807) is 0 Å². The van der Waals surface area contributed by atoms with Crippen molar-refractivity contribution in [1.82, 2.24) is 5.16 Å². The highest BCUT2D eigenvalue weighted by atomic mass is 79.9. The molecule has 1 aliphatic carbocycles. The third kappa shape index (κ3) is 2.25. The molecule has 0 spiro atoms. The van der Waals surface area contributed by atoms with Gasteiger partial charge in [0.05, 0.1) is 0 Å². The molecular formula is C14H16BrNO. The summed E-state index contributed by atoms with van der Waals surface area (Å²) in [5.41, 5.74) is 0.971. The van der Waals surface area contributed by atoms with Crippen LogP contribution < -0.4 is 0 Å². The van der Waals surface area contributed by atoms with Gasteiger partial charge in [-0.05, 0) is 31.0 Å². The molecule has 0 N–H and O–H groups in total. The molecule has 1 saturated carbocycles. The normalized spacial score (nSPS) is 18.4. The zero-order valence-electron chi connectivity index (χ0n) is 9.79. The minimum absolute atomic E-state index is 0.573. The molecule has 1 fully saturated rings. The van der Waals surface area contributed by atoms with Gasteiger partial charge in [0.1, 0.15) is 11.3 Å². The van der Waals surface area contributed by atoms with Crippen molar-refractivity contribution in [3.05, 3.63) is 28.4 Å². The molecule has 0 aliphatic heterocycles. The van der Waals surface area contributed by atoms with Gasteiger partial charge in [-0.1, -0.05) is 46.8 Å². The van der Waals surface area contributed by atoms with Crippen molar-refractivity contribution in [2.24, 2.45) is 0 Å². The standard InChI is InChI=1S/C14H16BrNO/c15-11-7-8-12-13(9-11)16-17-14(12)10-5-3-1-2-4-6-10/h7-10H,1-6H2.